The average Bonchev–Trinajstić information content (AvgIpc) is 3.17. The highest BCUT2D eigenvalue weighted by Gasteiger charge is 2.45. The van der Waals surface area contributed by atoms with Crippen molar-refractivity contribution in [3.05, 3.63) is 0 Å². The van der Waals surface area contributed by atoms with E-state index in [1.807, 2.05) is 0 Å². The van der Waals surface area contributed by atoms with Gasteiger partial charge in [-0.05, 0) is 24.2 Å². The van der Waals surface area contributed by atoms with Crippen LogP contribution in [0.3, 0.4) is 0 Å². The van der Waals surface area contributed by atoms with E-state index in [9.17, 15) is 0 Å². The third-order valence-electron chi connectivity index (χ3n) is 3.64. The van der Waals surface area contributed by atoms with Crippen molar-refractivity contribution in [1.82, 2.24) is 15.0 Å². The van der Waals surface area contributed by atoms with Gasteiger partial charge in [0, 0.05) is 6.54 Å². The van der Waals surface area contributed by atoms with Gasteiger partial charge >= 0.3 is 6.01 Å². The van der Waals surface area contributed by atoms with Crippen LogP contribution in [0.4, 0.5) is 11.9 Å². The second kappa shape index (κ2) is 4.93. The quantitative estimate of drug-likeness (QED) is 0.513. The topological polar surface area (TPSA) is 98.0 Å². The van der Waals surface area contributed by atoms with Crippen LogP contribution in [0.15, 0.2) is 0 Å². The maximum Gasteiger partial charge on any atom is 0.322 e. The van der Waals surface area contributed by atoms with Crippen molar-refractivity contribution in [2.45, 2.75) is 26.7 Å². The van der Waals surface area contributed by atoms with Gasteiger partial charge in [-0.15, -0.1) is 0 Å². The number of hydrazine groups is 1. The molecule has 1 aliphatic carbocycles. The molecule has 7 heteroatoms. The summed E-state index contributed by atoms with van der Waals surface area (Å²) in [6.07, 6.45) is 2.50. The summed E-state index contributed by atoms with van der Waals surface area (Å²) >= 11 is 0. The van der Waals surface area contributed by atoms with Crippen molar-refractivity contribution in [3.8, 4) is 6.01 Å². The minimum atomic E-state index is 0.245. The summed E-state index contributed by atoms with van der Waals surface area (Å²) in [7, 11) is 1.51. The summed E-state index contributed by atoms with van der Waals surface area (Å²) in [6.45, 7) is 5.35. The van der Waals surface area contributed by atoms with Gasteiger partial charge in [0.1, 0.15) is 0 Å². The molecule has 18 heavy (non-hydrogen) atoms. The zero-order chi connectivity index (χ0) is 13.2. The molecule has 0 aromatic carbocycles. The Kier molecular flexibility index (Phi) is 3.51. The van der Waals surface area contributed by atoms with Gasteiger partial charge in [-0.1, -0.05) is 13.8 Å². The molecule has 1 aromatic rings. The molecule has 0 radical (unpaired) electrons. The lowest BCUT2D eigenvalue weighted by atomic mass is 9.92. The normalized spacial score (nSPS) is 16.5. The van der Waals surface area contributed by atoms with Gasteiger partial charge in [0.2, 0.25) is 11.9 Å². The van der Waals surface area contributed by atoms with Crippen LogP contribution in [-0.2, 0) is 0 Å². The SMILES string of the molecule is COc1nc(NN)nc(NCC2(C(C)C)CC2)n1. The highest BCUT2D eigenvalue weighted by Crippen LogP contribution is 2.51. The molecule has 4 N–H and O–H groups in total. The number of methoxy groups -OCH3 is 1. The van der Waals surface area contributed by atoms with Gasteiger partial charge in [0.05, 0.1) is 7.11 Å². The summed E-state index contributed by atoms with van der Waals surface area (Å²) in [4.78, 5) is 12.2. The van der Waals surface area contributed by atoms with Gasteiger partial charge in [-0.2, -0.15) is 15.0 Å². The second-order valence-electron chi connectivity index (χ2n) is 4.98. The minimum absolute atomic E-state index is 0.245. The van der Waals surface area contributed by atoms with Crippen molar-refractivity contribution in [1.29, 1.82) is 0 Å². The molecule has 0 amide bonds. The van der Waals surface area contributed by atoms with Gasteiger partial charge in [0.15, 0.2) is 0 Å². The zero-order valence-corrected chi connectivity index (χ0v) is 11.0. The van der Waals surface area contributed by atoms with E-state index in [1.165, 1.54) is 20.0 Å². The number of hydrogen-bond donors (Lipinski definition) is 3. The molecule has 0 unspecified atom stereocenters. The van der Waals surface area contributed by atoms with Gasteiger partial charge < -0.3 is 10.1 Å². The number of nitrogens with one attached hydrogen (secondary N) is 2. The maximum atomic E-state index is 5.30. The summed E-state index contributed by atoms with van der Waals surface area (Å²) in [5, 5.41) is 3.24. The first-order valence-corrected chi connectivity index (χ1v) is 6.10. The first-order valence-electron chi connectivity index (χ1n) is 6.10. The molecule has 1 aromatic heterocycles. The fraction of sp³-hybridized carbons (Fsp3) is 0.727. The lowest BCUT2D eigenvalue weighted by Gasteiger charge is -2.20. The van der Waals surface area contributed by atoms with Crippen LogP contribution < -0.4 is 21.3 Å². The smallest absolute Gasteiger partial charge is 0.322 e. The summed E-state index contributed by atoms with van der Waals surface area (Å²) in [5.74, 6) is 6.73. The first kappa shape index (κ1) is 12.8. The Morgan fingerprint density at radius 3 is 2.44 bits per heavy atom. The summed E-state index contributed by atoms with van der Waals surface area (Å²) in [5.41, 5.74) is 2.78. The number of aromatic nitrogens is 3. The highest BCUT2D eigenvalue weighted by molar-refractivity contribution is 5.35. The Balaban J connectivity index is 2.05. The Bertz CT molecular complexity index is 396. The van der Waals surface area contributed by atoms with E-state index in [0.717, 1.165) is 6.54 Å². The first-order chi connectivity index (χ1) is 8.59. The number of hydrogen-bond acceptors (Lipinski definition) is 7. The monoisotopic (exact) mass is 252 g/mol. The van der Waals surface area contributed by atoms with Crippen molar-refractivity contribution in [3.63, 3.8) is 0 Å². The number of nitrogens with zero attached hydrogens (tertiary/aromatic N) is 3. The minimum Gasteiger partial charge on any atom is -0.467 e. The highest BCUT2D eigenvalue weighted by atomic mass is 16.5. The molecule has 1 heterocycles. The average molecular weight is 252 g/mol. The third-order valence-corrected chi connectivity index (χ3v) is 3.64. The molecule has 7 nitrogen and oxygen atoms in total. The summed E-state index contributed by atoms with van der Waals surface area (Å²) in [6, 6.07) is 0.245. The molecule has 1 fully saturated rings. The van der Waals surface area contributed by atoms with E-state index >= 15 is 0 Å². The van der Waals surface area contributed by atoms with Crippen molar-refractivity contribution < 1.29 is 4.74 Å². The van der Waals surface area contributed by atoms with Crippen LogP contribution in [0, 0.1) is 11.3 Å². The largest absolute Gasteiger partial charge is 0.467 e. The van der Waals surface area contributed by atoms with Crippen LogP contribution in [0.25, 0.3) is 0 Å². The Morgan fingerprint density at radius 1 is 1.28 bits per heavy atom. The van der Waals surface area contributed by atoms with Gasteiger partial charge in [0.25, 0.3) is 0 Å². The molecule has 2 rings (SSSR count). The molecule has 100 valence electrons. The van der Waals surface area contributed by atoms with E-state index in [-0.39, 0.29) is 6.01 Å². The van der Waals surface area contributed by atoms with Gasteiger partial charge in [-0.3, -0.25) is 5.43 Å². The molecule has 0 saturated heterocycles. The van der Waals surface area contributed by atoms with Crippen molar-refractivity contribution in [2.75, 3.05) is 24.4 Å². The summed E-state index contributed by atoms with van der Waals surface area (Å²) < 4.78 is 4.99. The lowest BCUT2D eigenvalue weighted by molar-refractivity contribution is 0.373. The fourth-order valence-corrected chi connectivity index (χ4v) is 1.97. The number of rotatable bonds is 6. The van der Waals surface area contributed by atoms with Crippen LogP contribution in [0.2, 0.25) is 0 Å². The Morgan fingerprint density at radius 2 is 1.94 bits per heavy atom. The molecule has 0 aliphatic heterocycles. The molecule has 0 spiro atoms. The van der Waals surface area contributed by atoms with Crippen LogP contribution in [0.1, 0.15) is 26.7 Å². The molecule has 0 bridgehead atoms. The van der Waals surface area contributed by atoms with E-state index in [2.05, 4.69) is 39.5 Å². The van der Waals surface area contributed by atoms with Crippen LogP contribution >= 0.6 is 0 Å². The Hall–Kier alpha value is -1.63. The third kappa shape index (κ3) is 2.61. The second-order valence-corrected chi connectivity index (χ2v) is 4.98. The molecular weight excluding hydrogens is 232 g/mol. The number of anilines is 2. The molecule has 1 aliphatic rings. The Labute approximate surface area is 107 Å². The van der Waals surface area contributed by atoms with E-state index in [4.69, 9.17) is 10.6 Å². The van der Waals surface area contributed by atoms with E-state index < -0.39 is 0 Å². The molecular formula is C11H20N6O. The maximum absolute atomic E-state index is 5.30. The van der Waals surface area contributed by atoms with Crippen LogP contribution in [0.5, 0.6) is 6.01 Å². The standard InChI is InChI=1S/C11H20N6O/c1-7(2)11(4-5-11)6-13-8-14-9(17-12)16-10(15-8)18-3/h7H,4-6,12H2,1-3H3,(H2,13,14,15,16,17). The lowest BCUT2D eigenvalue weighted by Crippen LogP contribution is -2.22. The zero-order valence-electron chi connectivity index (χ0n) is 11.0. The predicted octanol–water partition coefficient (Wildman–Crippen LogP) is 1.01. The number of nitrogens with two attached hydrogens (primary N) is 1. The van der Waals surface area contributed by atoms with E-state index in [1.54, 1.807) is 0 Å². The molecule has 0 atom stereocenters. The fourth-order valence-electron chi connectivity index (χ4n) is 1.97. The van der Waals surface area contributed by atoms with Gasteiger partial charge in [-0.25, -0.2) is 5.84 Å². The molecule has 1 saturated carbocycles. The number of nitrogen functional groups attached to an aromatic ring is 1. The van der Waals surface area contributed by atoms with Crippen LogP contribution in [-0.4, -0.2) is 28.6 Å². The van der Waals surface area contributed by atoms with Crippen molar-refractivity contribution >= 4 is 11.9 Å². The van der Waals surface area contributed by atoms with E-state index in [0.29, 0.717) is 23.2 Å². The van der Waals surface area contributed by atoms with Crippen molar-refractivity contribution in [2.24, 2.45) is 17.2 Å². The predicted molar refractivity (Wildman–Crippen MR) is 69.2 cm³/mol. The number of ether oxygens (including phenoxy) is 1.